The van der Waals surface area contributed by atoms with E-state index in [1.165, 1.54) is 6.42 Å². The van der Waals surface area contributed by atoms with Crippen molar-refractivity contribution in [1.29, 1.82) is 0 Å². The second-order valence-electron chi connectivity index (χ2n) is 5.43. The highest BCUT2D eigenvalue weighted by Gasteiger charge is 2.25. The van der Waals surface area contributed by atoms with E-state index < -0.39 is 0 Å². The summed E-state index contributed by atoms with van der Waals surface area (Å²) < 4.78 is 7.06. The van der Waals surface area contributed by atoms with Crippen LogP contribution in [0.15, 0.2) is 16.7 Å². The van der Waals surface area contributed by atoms with Crippen LogP contribution in [0.25, 0.3) is 0 Å². The molecule has 0 amide bonds. The molecular weight excluding hydrogens is 278 g/mol. The Morgan fingerprint density at radius 3 is 2.47 bits per heavy atom. The molecule has 1 fully saturated rings. The van der Waals surface area contributed by atoms with Crippen LogP contribution >= 0.6 is 15.9 Å². The van der Waals surface area contributed by atoms with Crippen molar-refractivity contribution in [3.05, 3.63) is 22.3 Å². The Bertz CT molecular complexity index is 384. The number of rotatable bonds is 2. The number of ether oxygens (including phenoxy) is 1. The quantitative estimate of drug-likeness (QED) is 0.809. The Morgan fingerprint density at radius 1 is 1.24 bits per heavy atom. The van der Waals surface area contributed by atoms with Gasteiger partial charge in [0.05, 0.1) is 0 Å². The average Bonchev–Trinajstić information content (AvgIpc) is 2.21. The lowest BCUT2D eigenvalue weighted by Gasteiger charge is -2.31. The molecule has 2 nitrogen and oxygen atoms in total. The number of aryl methyl sites for hydroxylation is 1. The zero-order chi connectivity index (χ0) is 12.4. The number of halogens is 1. The first-order valence-corrected chi connectivity index (χ1v) is 7.12. The Morgan fingerprint density at radius 2 is 1.88 bits per heavy atom. The standard InChI is InChI=1S/C14H20BrNO/c1-9-4-10(2)6-13(5-9)17-14-11(3)7-12(15)8-16-14/h7-10,13H,4-6H2,1-3H3. The van der Waals surface area contributed by atoms with E-state index in [1.807, 2.05) is 6.92 Å². The Kier molecular flexibility index (Phi) is 4.08. The van der Waals surface area contributed by atoms with E-state index in [-0.39, 0.29) is 0 Å². The summed E-state index contributed by atoms with van der Waals surface area (Å²) in [5.74, 6) is 2.32. The lowest BCUT2D eigenvalue weighted by atomic mass is 9.82. The summed E-state index contributed by atoms with van der Waals surface area (Å²) in [5, 5.41) is 0. The minimum absolute atomic E-state index is 0.334. The van der Waals surface area contributed by atoms with Crippen LogP contribution in [0, 0.1) is 18.8 Å². The summed E-state index contributed by atoms with van der Waals surface area (Å²) in [4.78, 5) is 4.35. The van der Waals surface area contributed by atoms with Crippen LogP contribution < -0.4 is 4.74 Å². The van der Waals surface area contributed by atoms with E-state index in [1.54, 1.807) is 6.20 Å². The normalized spacial score (nSPS) is 29.1. The monoisotopic (exact) mass is 297 g/mol. The fraction of sp³-hybridized carbons (Fsp3) is 0.643. The Labute approximate surface area is 112 Å². The van der Waals surface area contributed by atoms with Gasteiger partial charge in [-0.1, -0.05) is 13.8 Å². The van der Waals surface area contributed by atoms with Gasteiger partial charge in [-0.15, -0.1) is 0 Å². The summed E-state index contributed by atoms with van der Waals surface area (Å²) in [7, 11) is 0. The number of hydrogen-bond acceptors (Lipinski definition) is 2. The first-order valence-electron chi connectivity index (χ1n) is 6.33. The molecule has 0 N–H and O–H groups in total. The summed E-state index contributed by atoms with van der Waals surface area (Å²) in [6.45, 7) is 6.67. The lowest BCUT2D eigenvalue weighted by Crippen LogP contribution is -2.29. The van der Waals surface area contributed by atoms with E-state index in [0.29, 0.717) is 6.10 Å². The summed E-state index contributed by atoms with van der Waals surface area (Å²) >= 11 is 3.42. The van der Waals surface area contributed by atoms with E-state index in [0.717, 1.165) is 40.6 Å². The Hall–Kier alpha value is -0.570. The molecule has 1 saturated carbocycles. The summed E-state index contributed by atoms with van der Waals surface area (Å²) in [5.41, 5.74) is 1.10. The predicted octanol–water partition coefficient (Wildman–Crippen LogP) is 4.36. The number of hydrogen-bond donors (Lipinski definition) is 0. The third kappa shape index (κ3) is 3.44. The van der Waals surface area contributed by atoms with Gasteiger partial charge in [0.1, 0.15) is 6.10 Å². The summed E-state index contributed by atoms with van der Waals surface area (Å²) in [6.07, 6.45) is 5.77. The average molecular weight is 298 g/mol. The molecule has 1 heterocycles. The number of pyridine rings is 1. The molecule has 2 unspecified atom stereocenters. The molecule has 1 aromatic heterocycles. The molecule has 94 valence electrons. The fourth-order valence-electron chi connectivity index (χ4n) is 2.78. The van der Waals surface area contributed by atoms with Crippen molar-refractivity contribution >= 4 is 15.9 Å². The zero-order valence-electron chi connectivity index (χ0n) is 10.7. The van der Waals surface area contributed by atoms with Crippen molar-refractivity contribution in [2.45, 2.75) is 46.1 Å². The van der Waals surface area contributed by atoms with E-state index in [2.05, 4.69) is 40.8 Å². The first-order chi connectivity index (χ1) is 8.04. The van der Waals surface area contributed by atoms with Crippen LogP contribution in [0.2, 0.25) is 0 Å². The van der Waals surface area contributed by atoms with Crippen LogP contribution in [0.1, 0.15) is 38.7 Å². The topological polar surface area (TPSA) is 22.1 Å². The maximum atomic E-state index is 6.05. The van der Waals surface area contributed by atoms with Gasteiger partial charge >= 0.3 is 0 Å². The van der Waals surface area contributed by atoms with Crippen molar-refractivity contribution in [2.75, 3.05) is 0 Å². The molecule has 17 heavy (non-hydrogen) atoms. The van der Waals surface area contributed by atoms with Gasteiger partial charge in [-0.25, -0.2) is 4.98 Å². The smallest absolute Gasteiger partial charge is 0.216 e. The van der Waals surface area contributed by atoms with Crippen molar-refractivity contribution in [3.8, 4) is 5.88 Å². The van der Waals surface area contributed by atoms with Crippen molar-refractivity contribution in [3.63, 3.8) is 0 Å². The van der Waals surface area contributed by atoms with Crippen LogP contribution in [0.3, 0.4) is 0 Å². The third-order valence-corrected chi connectivity index (χ3v) is 3.84. The fourth-order valence-corrected chi connectivity index (χ4v) is 3.22. The van der Waals surface area contributed by atoms with Gasteiger partial charge < -0.3 is 4.74 Å². The molecule has 1 aromatic rings. The zero-order valence-corrected chi connectivity index (χ0v) is 12.3. The van der Waals surface area contributed by atoms with Gasteiger partial charge in [0.15, 0.2) is 0 Å². The van der Waals surface area contributed by atoms with Crippen LogP contribution in [0.4, 0.5) is 0 Å². The van der Waals surface area contributed by atoms with E-state index in [4.69, 9.17) is 4.74 Å². The molecular formula is C14H20BrNO. The second kappa shape index (κ2) is 5.38. The molecule has 0 radical (unpaired) electrons. The predicted molar refractivity (Wildman–Crippen MR) is 73.3 cm³/mol. The largest absolute Gasteiger partial charge is 0.474 e. The van der Waals surface area contributed by atoms with Crippen LogP contribution in [-0.4, -0.2) is 11.1 Å². The molecule has 1 aliphatic rings. The van der Waals surface area contributed by atoms with Crippen molar-refractivity contribution in [1.82, 2.24) is 4.98 Å². The highest BCUT2D eigenvalue weighted by molar-refractivity contribution is 9.10. The SMILES string of the molecule is Cc1cc(Br)cnc1OC1CC(C)CC(C)C1. The molecule has 0 aromatic carbocycles. The Balaban J connectivity index is 2.04. The van der Waals surface area contributed by atoms with Gasteiger partial charge in [0.2, 0.25) is 5.88 Å². The molecule has 3 heteroatoms. The van der Waals surface area contributed by atoms with E-state index >= 15 is 0 Å². The highest BCUT2D eigenvalue weighted by Crippen LogP contribution is 2.31. The molecule has 0 spiro atoms. The van der Waals surface area contributed by atoms with Gasteiger partial charge in [-0.2, -0.15) is 0 Å². The van der Waals surface area contributed by atoms with Crippen molar-refractivity contribution in [2.24, 2.45) is 11.8 Å². The minimum Gasteiger partial charge on any atom is -0.474 e. The third-order valence-electron chi connectivity index (χ3n) is 3.41. The maximum Gasteiger partial charge on any atom is 0.216 e. The highest BCUT2D eigenvalue weighted by atomic mass is 79.9. The molecule has 1 aliphatic carbocycles. The van der Waals surface area contributed by atoms with Crippen LogP contribution in [0.5, 0.6) is 5.88 Å². The second-order valence-corrected chi connectivity index (χ2v) is 6.35. The van der Waals surface area contributed by atoms with Crippen LogP contribution in [-0.2, 0) is 0 Å². The summed E-state index contributed by atoms with van der Waals surface area (Å²) in [6, 6.07) is 2.05. The van der Waals surface area contributed by atoms with Gasteiger partial charge in [-0.3, -0.25) is 0 Å². The van der Waals surface area contributed by atoms with Crippen molar-refractivity contribution < 1.29 is 4.74 Å². The minimum atomic E-state index is 0.334. The lowest BCUT2D eigenvalue weighted by molar-refractivity contribution is 0.0959. The molecule has 0 saturated heterocycles. The number of nitrogens with zero attached hydrogens (tertiary/aromatic N) is 1. The van der Waals surface area contributed by atoms with Gasteiger partial charge in [0, 0.05) is 16.2 Å². The first kappa shape index (κ1) is 12.9. The number of aromatic nitrogens is 1. The van der Waals surface area contributed by atoms with Gasteiger partial charge in [0.25, 0.3) is 0 Å². The molecule has 0 aliphatic heterocycles. The van der Waals surface area contributed by atoms with Gasteiger partial charge in [-0.05, 0) is 60.0 Å². The maximum absolute atomic E-state index is 6.05. The molecule has 0 bridgehead atoms. The van der Waals surface area contributed by atoms with E-state index in [9.17, 15) is 0 Å². The molecule has 2 rings (SSSR count). The molecule has 2 atom stereocenters.